The fraction of sp³-hybridized carbons (Fsp3) is 0.158. The first kappa shape index (κ1) is 16.6. The zero-order valence-electron chi connectivity index (χ0n) is 13.8. The van der Waals surface area contributed by atoms with Crippen molar-refractivity contribution >= 4 is 16.9 Å². The Kier molecular flexibility index (Phi) is 4.70. The number of rotatable bonds is 6. The van der Waals surface area contributed by atoms with Gasteiger partial charge in [0.25, 0.3) is 0 Å². The average molecular weight is 339 g/mol. The molecule has 1 heterocycles. The predicted molar refractivity (Wildman–Crippen MR) is 92.5 cm³/mol. The van der Waals surface area contributed by atoms with Gasteiger partial charge in [-0.05, 0) is 43.3 Å². The van der Waals surface area contributed by atoms with E-state index in [-0.39, 0.29) is 0 Å². The van der Waals surface area contributed by atoms with Crippen LogP contribution in [0.1, 0.15) is 6.92 Å². The maximum Gasteiger partial charge on any atom is 0.344 e. The first-order chi connectivity index (χ1) is 12.1. The molecule has 3 aromatic rings. The summed E-state index contributed by atoms with van der Waals surface area (Å²) in [5, 5.41) is 9.81. The van der Waals surface area contributed by atoms with Gasteiger partial charge in [0.1, 0.15) is 22.8 Å². The Morgan fingerprint density at radius 3 is 2.44 bits per heavy atom. The third-order valence-electron chi connectivity index (χ3n) is 3.58. The van der Waals surface area contributed by atoms with Gasteiger partial charge >= 0.3 is 5.97 Å². The van der Waals surface area contributed by atoms with Gasteiger partial charge in [0.2, 0.25) is 5.88 Å². The van der Waals surface area contributed by atoms with Gasteiger partial charge in [-0.15, -0.1) is 0 Å². The van der Waals surface area contributed by atoms with Crippen molar-refractivity contribution in [3.63, 3.8) is 0 Å². The highest BCUT2D eigenvalue weighted by atomic mass is 16.5. The highest BCUT2D eigenvalue weighted by Gasteiger charge is 2.12. The molecule has 0 aliphatic carbocycles. The van der Waals surface area contributed by atoms with E-state index in [1.165, 1.54) is 6.92 Å². The van der Waals surface area contributed by atoms with E-state index in [1.807, 2.05) is 24.3 Å². The minimum atomic E-state index is -1.02. The van der Waals surface area contributed by atoms with Crippen LogP contribution in [-0.2, 0) is 4.79 Å². The molecule has 3 rings (SSSR count). The number of fused-ring (bicyclic) bond motifs is 1. The van der Waals surface area contributed by atoms with Crippen LogP contribution >= 0.6 is 0 Å². The molecule has 2 aromatic carbocycles. The number of benzene rings is 2. The van der Waals surface area contributed by atoms with Crippen LogP contribution < -0.4 is 14.2 Å². The normalized spacial score (nSPS) is 11.8. The molecule has 1 N–H and O–H groups in total. The van der Waals surface area contributed by atoms with E-state index >= 15 is 0 Å². The van der Waals surface area contributed by atoms with Gasteiger partial charge < -0.3 is 19.3 Å². The van der Waals surface area contributed by atoms with Gasteiger partial charge in [0.05, 0.1) is 7.11 Å². The van der Waals surface area contributed by atoms with Crippen molar-refractivity contribution in [2.24, 2.45) is 0 Å². The molecule has 0 fully saturated rings. The first-order valence-electron chi connectivity index (χ1n) is 7.68. The number of para-hydroxylation sites is 1. The molecule has 128 valence electrons. The molecule has 1 aromatic heterocycles. The van der Waals surface area contributed by atoms with Crippen LogP contribution in [0, 0.1) is 0 Å². The highest BCUT2D eigenvalue weighted by molar-refractivity contribution is 5.84. The minimum absolute atomic E-state index is 0.435. The number of aromatic nitrogens is 1. The van der Waals surface area contributed by atoms with Crippen molar-refractivity contribution in [1.29, 1.82) is 0 Å². The van der Waals surface area contributed by atoms with Crippen molar-refractivity contribution in [3.8, 4) is 23.1 Å². The van der Waals surface area contributed by atoms with E-state index in [1.54, 1.807) is 37.4 Å². The van der Waals surface area contributed by atoms with Crippen molar-refractivity contribution < 1.29 is 24.1 Å². The van der Waals surface area contributed by atoms with Gasteiger partial charge in [-0.1, -0.05) is 12.1 Å². The number of carbonyl (C=O) groups is 1. The maximum absolute atomic E-state index is 10.8. The smallest absolute Gasteiger partial charge is 0.344 e. The van der Waals surface area contributed by atoms with Crippen LogP contribution in [0.5, 0.6) is 23.1 Å². The summed E-state index contributed by atoms with van der Waals surface area (Å²) in [6.07, 6.45) is -0.915. The standard InChI is InChI=1S/C19H17NO5/c1-12(19(21)22)24-14-7-9-15(10-8-14)25-17-11-6-13-4-3-5-16(23-2)18(13)20-17/h3-12H,1-2H3,(H,21,22). The Morgan fingerprint density at radius 2 is 1.76 bits per heavy atom. The molecule has 0 aliphatic heterocycles. The third-order valence-corrected chi connectivity index (χ3v) is 3.58. The number of pyridine rings is 1. The van der Waals surface area contributed by atoms with Crippen LogP contribution in [0.4, 0.5) is 0 Å². The zero-order valence-corrected chi connectivity index (χ0v) is 13.8. The topological polar surface area (TPSA) is 77.9 Å². The lowest BCUT2D eigenvalue weighted by Gasteiger charge is -2.11. The number of hydrogen-bond acceptors (Lipinski definition) is 5. The summed E-state index contributed by atoms with van der Waals surface area (Å²) >= 11 is 0. The molecular formula is C19H17NO5. The number of nitrogens with zero attached hydrogens (tertiary/aromatic N) is 1. The van der Waals surface area contributed by atoms with E-state index in [4.69, 9.17) is 19.3 Å². The number of aliphatic carboxylic acids is 1. The van der Waals surface area contributed by atoms with E-state index in [0.717, 1.165) is 10.9 Å². The number of methoxy groups -OCH3 is 1. The van der Waals surface area contributed by atoms with E-state index < -0.39 is 12.1 Å². The maximum atomic E-state index is 10.8. The lowest BCUT2D eigenvalue weighted by atomic mass is 10.2. The molecule has 0 saturated heterocycles. The number of carboxylic acids is 1. The van der Waals surface area contributed by atoms with Gasteiger partial charge in [-0.2, -0.15) is 0 Å². The van der Waals surface area contributed by atoms with Crippen LogP contribution in [0.2, 0.25) is 0 Å². The minimum Gasteiger partial charge on any atom is -0.494 e. The number of hydrogen-bond donors (Lipinski definition) is 1. The van der Waals surface area contributed by atoms with Gasteiger partial charge in [-0.3, -0.25) is 0 Å². The lowest BCUT2D eigenvalue weighted by molar-refractivity contribution is -0.144. The van der Waals surface area contributed by atoms with Crippen molar-refractivity contribution in [2.45, 2.75) is 13.0 Å². The lowest BCUT2D eigenvalue weighted by Crippen LogP contribution is -2.22. The van der Waals surface area contributed by atoms with Crippen LogP contribution in [-0.4, -0.2) is 29.3 Å². The second-order valence-electron chi connectivity index (χ2n) is 5.35. The van der Waals surface area contributed by atoms with Crippen LogP contribution in [0.25, 0.3) is 10.9 Å². The fourth-order valence-electron chi connectivity index (χ4n) is 2.29. The number of ether oxygens (including phenoxy) is 3. The molecule has 25 heavy (non-hydrogen) atoms. The van der Waals surface area contributed by atoms with Gasteiger partial charge in [-0.25, -0.2) is 9.78 Å². The quantitative estimate of drug-likeness (QED) is 0.734. The SMILES string of the molecule is COc1cccc2ccc(Oc3ccc(OC(C)C(=O)O)cc3)nc12. The van der Waals surface area contributed by atoms with Crippen molar-refractivity contribution in [3.05, 3.63) is 54.6 Å². The Morgan fingerprint density at radius 1 is 1.04 bits per heavy atom. The first-order valence-corrected chi connectivity index (χ1v) is 7.68. The Balaban J connectivity index is 1.78. The molecule has 1 unspecified atom stereocenters. The molecule has 0 radical (unpaired) electrons. The molecule has 6 nitrogen and oxygen atoms in total. The summed E-state index contributed by atoms with van der Waals surface area (Å²) in [5.74, 6) is 1.11. The average Bonchev–Trinajstić information content (AvgIpc) is 2.62. The molecule has 1 atom stereocenters. The Hall–Kier alpha value is -3.28. The van der Waals surface area contributed by atoms with E-state index in [9.17, 15) is 4.79 Å². The summed E-state index contributed by atoms with van der Waals surface area (Å²) in [5.41, 5.74) is 0.720. The molecular weight excluding hydrogens is 322 g/mol. The molecule has 0 bridgehead atoms. The van der Waals surface area contributed by atoms with E-state index in [2.05, 4.69) is 4.98 Å². The number of carboxylic acid groups (broad SMARTS) is 1. The fourth-order valence-corrected chi connectivity index (χ4v) is 2.29. The second-order valence-corrected chi connectivity index (χ2v) is 5.35. The predicted octanol–water partition coefficient (Wildman–Crippen LogP) is 3.89. The summed E-state index contributed by atoms with van der Waals surface area (Å²) in [4.78, 5) is 15.3. The molecule has 0 aliphatic rings. The van der Waals surface area contributed by atoms with Crippen LogP contribution in [0.15, 0.2) is 54.6 Å². The molecule has 6 heteroatoms. The second kappa shape index (κ2) is 7.09. The monoisotopic (exact) mass is 339 g/mol. The summed E-state index contributed by atoms with van der Waals surface area (Å²) in [6, 6.07) is 16.1. The van der Waals surface area contributed by atoms with Crippen molar-refractivity contribution in [2.75, 3.05) is 7.11 Å². The summed E-state index contributed by atoms with van der Waals surface area (Å²) in [6.45, 7) is 1.47. The summed E-state index contributed by atoms with van der Waals surface area (Å²) in [7, 11) is 1.60. The zero-order chi connectivity index (χ0) is 17.8. The van der Waals surface area contributed by atoms with Gasteiger partial charge in [0.15, 0.2) is 6.10 Å². The largest absolute Gasteiger partial charge is 0.494 e. The van der Waals surface area contributed by atoms with Crippen molar-refractivity contribution in [1.82, 2.24) is 4.98 Å². The van der Waals surface area contributed by atoms with E-state index in [0.29, 0.717) is 23.1 Å². The van der Waals surface area contributed by atoms with Gasteiger partial charge in [0, 0.05) is 11.5 Å². The Bertz CT molecular complexity index is 892. The molecule has 0 spiro atoms. The summed E-state index contributed by atoms with van der Waals surface area (Å²) < 4.78 is 16.4. The van der Waals surface area contributed by atoms with Crippen LogP contribution in [0.3, 0.4) is 0 Å². The highest BCUT2D eigenvalue weighted by Crippen LogP contribution is 2.28. The molecule has 0 saturated carbocycles. The third kappa shape index (κ3) is 3.80. The molecule has 0 amide bonds. The Labute approximate surface area is 144 Å².